The van der Waals surface area contributed by atoms with Gasteiger partial charge in [-0.1, -0.05) is 6.07 Å². The average molecular weight is 260 g/mol. The van der Waals surface area contributed by atoms with Gasteiger partial charge in [0.15, 0.2) is 0 Å². The molecule has 0 radical (unpaired) electrons. The van der Waals surface area contributed by atoms with Gasteiger partial charge in [0.1, 0.15) is 11.8 Å². The van der Waals surface area contributed by atoms with E-state index in [0.29, 0.717) is 11.6 Å². The maximum atomic E-state index is 10.9. The normalized spacial score (nSPS) is 15.2. The van der Waals surface area contributed by atoms with Gasteiger partial charge in [-0.3, -0.25) is 0 Å². The molecular formula is C14H16N2O3. The Bertz CT molecular complexity index is 499. The molecule has 1 aromatic heterocycles. The quantitative estimate of drug-likeness (QED) is 0.627. The number of carbonyl (C=O) groups is 1. The monoisotopic (exact) mass is 260 g/mol. The Hall–Kier alpha value is -2.06. The van der Waals surface area contributed by atoms with E-state index < -0.39 is 5.97 Å². The van der Waals surface area contributed by atoms with Crippen molar-refractivity contribution in [2.75, 3.05) is 20.2 Å². The summed E-state index contributed by atoms with van der Waals surface area (Å²) >= 11 is 0. The highest BCUT2D eigenvalue weighted by atomic mass is 16.5. The average Bonchev–Trinajstić information content (AvgIpc) is 2.46. The molecule has 1 saturated heterocycles. The van der Waals surface area contributed by atoms with Crippen LogP contribution in [0.5, 0.6) is 5.88 Å². The second kappa shape index (κ2) is 6.76. The van der Waals surface area contributed by atoms with Crippen molar-refractivity contribution in [1.29, 1.82) is 0 Å². The Labute approximate surface area is 112 Å². The molecule has 5 heteroatoms. The fraction of sp³-hybridized carbons (Fsp3) is 0.429. The van der Waals surface area contributed by atoms with Crippen LogP contribution in [0.25, 0.3) is 0 Å². The molecule has 0 spiro atoms. The number of ether oxygens (including phenoxy) is 2. The lowest BCUT2D eigenvalue weighted by atomic mass is 10.1. The number of nitrogens with one attached hydrogen (secondary N) is 1. The van der Waals surface area contributed by atoms with Crippen molar-refractivity contribution in [3.63, 3.8) is 0 Å². The summed E-state index contributed by atoms with van der Waals surface area (Å²) < 4.78 is 10.2. The van der Waals surface area contributed by atoms with Crippen molar-refractivity contribution in [3.05, 3.63) is 23.9 Å². The highest BCUT2D eigenvalue weighted by Gasteiger charge is 2.14. The van der Waals surface area contributed by atoms with E-state index in [4.69, 9.17) is 4.74 Å². The lowest BCUT2D eigenvalue weighted by molar-refractivity contribution is -0.133. The molecule has 19 heavy (non-hydrogen) atoms. The van der Waals surface area contributed by atoms with E-state index in [1.807, 2.05) is 6.07 Å². The number of methoxy groups -OCH3 is 1. The number of hydrogen-bond acceptors (Lipinski definition) is 5. The molecule has 1 fully saturated rings. The summed E-state index contributed by atoms with van der Waals surface area (Å²) in [6.45, 7) is 1.93. The van der Waals surface area contributed by atoms with Crippen molar-refractivity contribution < 1.29 is 14.3 Å². The predicted octanol–water partition coefficient (Wildman–Crippen LogP) is 0.737. The van der Waals surface area contributed by atoms with E-state index in [0.717, 1.165) is 25.9 Å². The van der Waals surface area contributed by atoms with Gasteiger partial charge in [0.05, 0.1) is 7.11 Å². The molecule has 0 aliphatic carbocycles. The van der Waals surface area contributed by atoms with E-state index in [-0.39, 0.29) is 6.10 Å². The van der Waals surface area contributed by atoms with E-state index >= 15 is 0 Å². The molecule has 1 N–H and O–H groups in total. The molecule has 0 amide bonds. The van der Waals surface area contributed by atoms with Gasteiger partial charge in [0.2, 0.25) is 5.88 Å². The van der Waals surface area contributed by atoms with Gasteiger partial charge in [-0.25, -0.2) is 9.78 Å². The molecule has 1 aromatic rings. The zero-order valence-corrected chi connectivity index (χ0v) is 10.8. The van der Waals surface area contributed by atoms with E-state index in [1.165, 1.54) is 7.11 Å². The standard InChI is InChI=1S/C14H16N2O3/c1-18-14(17)6-5-11-3-2-4-13(16-11)19-12-7-9-15-10-8-12/h2-4,12,15H,7-10H2,1H3. The topological polar surface area (TPSA) is 60.5 Å². The Morgan fingerprint density at radius 2 is 2.21 bits per heavy atom. The van der Waals surface area contributed by atoms with Crippen LogP contribution >= 0.6 is 0 Å². The molecule has 0 unspecified atom stereocenters. The second-order valence-corrected chi connectivity index (χ2v) is 4.17. The summed E-state index contributed by atoms with van der Waals surface area (Å²) in [5.74, 6) is 4.95. The number of esters is 1. The Balaban J connectivity index is 2.01. The molecule has 1 aliphatic rings. The molecule has 0 saturated carbocycles. The number of carbonyl (C=O) groups excluding carboxylic acids is 1. The van der Waals surface area contributed by atoms with E-state index in [9.17, 15) is 4.79 Å². The lowest BCUT2D eigenvalue weighted by Crippen LogP contribution is -2.34. The smallest absolute Gasteiger partial charge is 0.384 e. The third-order valence-corrected chi connectivity index (χ3v) is 2.78. The number of rotatable bonds is 2. The Morgan fingerprint density at radius 1 is 1.42 bits per heavy atom. The first-order valence-electron chi connectivity index (χ1n) is 6.22. The summed E-state index contributed by atoms with van der Waals surface area (Å²) in [6, 6.07) is 5.33. The van der Waals surface area contributed by atoms with Gasteiger partial charge in [0.25, 0.3) is 0 Å². The van der Waals surface area contributed by atoms with Crippen LogP contribution in [0.1, 0.15) is 18.5 Å². The first-order chi connectivity index (χ1) is 9.28. The van der Waals surface area contributed by atoms with Crippen LogP contribution in [-0.4, -0.2) is 37.3 Å². The minimum Gasteiger partial charge on any atom is -0.474 e. The third-order valence-electron chi connectivity index (χ3n) is 2.78. The van der Waals surface area contributed by atoms with Crippen LogP contribution in [0.15, 0.2) is 18.2 Å². The lowest BCUT2D eigenvalue weighted by Gasteiger charge is -2.23. The van der Waals surface area contributed by atoms with Crippen LogP contribution in [0.2, 0.25) is 0 Å². The molecule has 0 atom stereocenters. The number of piperidine rings is 1. The molecule has 1 aliphatic heterocycles. The van der Waals surface area contributed by atoms with Crippen LogP contribution in [0.4, 0.5) is 0 Å². The van der Waals surface area contributed by atoms with Gasteiger partial charge in [-0.2, -0.15) is 0 Å². The third kappa shape index (κ3) is 4.27. The summed E-state index contributed by atoms with van der Waals surface area (Å²) in [7, 11) is 1.29. The first kappa shape index (κ1) is 13.4. The van der Waals surface area contributed by atoms with Gasteiger partial charge in [-0.05, 0) is 37.9 Å². The van der Waals surface area contributed by atoms with Crippen LogP contribution in [-0.2, 0) is 9.53 Å². The SMILES string of the molecule is COC(=O)C#Cc1cccc(OC2CCNCC2)n1. The van der Waals surface area contributed by atoms with Crippen molar-refractivity contribution in [2.45, 2.75) is 18.9 Å². The van der Waals surface area contributed by atoms with Gasteiger partial charge in [0, 0.05) is 12.0 Å². The minimum atomic E-state index is -0.577. The fourth-order valence-electron chi connectivity index (χ4n) is 1.80. The predicted molar refractivity (Wildman–Crippen MR) is 69.7 cm³/mol. The molecule has 100 valence electrons. The Kier molecular flexibility index (Phi) is 4.76. The van der Waals surface area contributed by atoms with Crippen LogP contribution in [0, 0.1) is 11.8 Å². The van der Waals surface area contributed by atoms with Crippen LogP contribution < -0.4 is 10.1 Å². The summed E-state index contributed by atoms with van der Waals surface area (Å²) in [4.78, 5) is 15.2. The van der Waals surface area contributed by atoms with Gasteiger partial charge >= 0.3 is 5.97 Å². The molecule has 5 nitrogen and oxygen atoms in total. The summed E-state index contributed by atoms with van der Waals surface area (Å²) in [6.07, 6.45) is 2.14. The number of nitrogens with zero attached hydrogens (tertiary/aromatic N) is 1. The van der Waals surface area contributed by atoms with Crippen molar-refractivity contribution in [3.8, 4) is 17.7 Å². The molecular weight excluding hydrogens is 244 g/mol. The van der Waals surface area contributed by atoms with Crippen molar-refractivity contribution in [2.24, 2.45) is 0 Å². The highest BCUT2D eigenvalue weighted by molar-refractivity contribution is 5.88. The maximum absolute atomic E-state index is 10.9. The van der Waals surface area contributed by atoms with Crippen molar-refractivity contribution in [1.82, 2.24) is 10.3 Å². The van der Waals surface area contributed by atoms with Crippen LogP contribution in [0.3, 0.4) is 0 Å². The Morgan fingerprint density at radius 3 is 2.95 bits per heavy atom. The zero-order chi connectivity index (χ0) is 13.5. The largest absolute Gasteiger partial charge is 0.474 e. The zero-order valence-electron chi connectivity index (χ0n) is 10.8. The number of pyridine rings is 1. The molecule has 0 aromatic carbocycles. The minimum absolute atomic E-state index is 0.192. The number of hydrogen-bond donors (Lipinski definition) is 1. The van der Waals surface area contributed by atoms with E-state index in [1.54, 1.807) is 12.1 Å². The second-order valence-electron chi connectivity index (χ2n) is 4.17. The fourth-order valence-corrected chi connectivity index (χ4v) is 1.80. The van der Waals surface area contributed by atoms with Gasteiger partial charge in [-0.15, -0.1) is 0 Å². The van der Waals surface area contributed by atoms with Crippen molar-refractivity contribution >= 4 is 5.97 Å². The van der Waals surface area contributed by atoms with E-state index in [2.05, 4.69) is 26.9 Å². The maximum Gasteiger partial charge on any atom is 0.384 e. The summed E-state index contributed by atoms with van der Waals surface area (Å²) in [5.41, 5.74) is 0.497. The summed E-state index contributed by atoms with van der Waals surface area (Å²) in [5, 5.41) is 3.28. The highest BCUT2D eigenvalue weighted by Crippen LogP contribution is 2.14. The first-order valence-corrected chi connectivity index (χ1v) is 6.22. The molecule has 2 heterocycles. The molecule has 0 bridgehead atoms. The number of aromatic nitrogens is 1. The molecule has 2 rings (SSSR count). The van der Waals surface area contributed by atoms with Gasteiger partial charge < -0.3 is 14.8 Å².